The largest absolute Gasteiger partial charge is 0.488 e. The van der Waals surface area contributed by atoms with Crippen molar-refractivity contribution in [3.8, 4) is 28.7 Å². The minimum atomic E-state index is -0.938. The summed E-state index contributed by atoms with van der Waals surface area (Å²) in [5.41, 5.74) is 7.51. The topological polar surface area (TPSA) is 137 Å². The second kappa shape index (κ2) is 15.8. The van der Waals surface area contributed by atoms with E-state index < -0.39 is 12.0 Å². The number of anilines is 1. The van der Waals surface area contributed by atoms with Gasteiger partial charge in [-0.2, -0.15) is 10.2 Å². The molecular weight excluding hydrogens is 668 g/mol. The maximum Gasteiger partial charge on any atom is 0.320 e. The lowest BCUT2D eigenvalue weighted by atomic mass is 9.96. The second-order valence-corrected chi connectivity index (χ2v) is 13.6. The van der Waals surface area contributed by atoms with Crippen LogP contribution in [0.3, 0.4) is 0 Å². The Balaban J connectivity index is 1.22. The van der Waals surface area contributed by atoms with Gasteiger partial charge in [0.2, 0.25) is 0 Å². The highest BCUT2D eigenvalue weighted by Gasteiger charge is 2.23. The average Bonchev–Trinajstić information content (AvgIpc) is 3.55. The molecule has 0 saturated carbocycles. The number of hydrogen-bond donors (Lipinski definition) is 2. The molecule has 2 N–H and O–H groups in total. The molecule has 5 aromatic rings. The van der Waals surface area contributed by atoms with Crippen molar-refractivity contribution in [3.63, 3.8) is 0 Å². The van der Waals surface area contributed by atoms with E-state index >= 15 is 0 Å². The van der Waals surface area contributed by atoms with Crippen molar-refractivity contribution in [2.45, 2.75) is 46.6 Å². The zero-order chi connectivity index (χ0) is 36.1. The maximum absolute atomic E-state index is 11.8. The number of rotatable bonds is 13. The van der Waals surface area contributed by atoms with Gasteiger partial charge in [0.05, 0.1) is 10.6 Å². The fraction of sp³-hybridized carbons (Fsp3) is 0.333. The van der Waals surface area contributed by atoms with Crippen molar-refractivity contribution in [2.24, 2.45) is 5.92 Å². The van der Waals surface area contributed by atoms with Crippen LogP contribution in [0.2, 0.25) is 5.02 Å². The number of halogens is 1. The first-order chi connectivity index (χ1) is 24.6. The Bertz CT molecular complexity index is 2070. The molecule has 1 unspecified atom stereocenters. The lowest BCUT2D eigenvalue weighted by Gasteiger charge is -2.31. The van der Waals surface area contributed by atoms with Crippen LogP contribution >= 0.6 is 11.6 Å². The Morgan fingerprint density at radius 3 is 2.57 bits per heavy atom. The normalized spacial score (nSPS) is 14.1. The van der Waals surface area contributed by atoms with Gasteiger partial charge in [-0.3, -0.25) is 15.1 Å². The highest BCUT2D eigenvalue weighted by atomic mass is 35.5. The molecule has 0 bridgehead atoms. The summed E-state index contributed by atoms with van der Waals surface area (Å²) in [6, 6.07) is 19.4. The molecule has 3 aromatic carbocycles. The van der Waals surface area contributed by atoms with E-state index in [9.17, 15) is 15.2 Å². The molecule has 51 heavy (non-hydrogen) atoms. The number of carboxylic acid groups (broad SMARTS) is 1. The van der Waals surface area contributed by atoms with Gasteiger partial charge in [0, 0.05) is 62.3 Å². The Kier molecular flexibility index (Phi) is 11.1. The highest BCUT2D eigenvalue weighted by Crippen LogP contribution is 2.36. The van der Waals surface area contributed by atoms with Crippen LogP contribution in [-0.2, 0) is 24.6 Å². The number of hydrogen-bond acceptors (Lipinski definition) is 10. The van der Waals surface area contributed by atoms with Crippen molar-refractivity contribution >= 4 is 34.7 Å². The van der Waals surface area contributed by atoms with E-state index in [0.717, 1.165) is 59.5 Å². The Morgan fingerprint density at radius 1 is 1.04 bits per heavy atom. The summed E-state index contributed by atoms with van der Waals surface area (Å²) in [4.78, 5) is 25.3. The van der Waals surface area contributed by atoms with Crippen LogP contribution in [0.25, 0.3) is 22.2 Å². The molecule has 1 fully saturated rings. The third-order valence-corrected chi connectivity index (χ3v) is 9.46. The van der Waals surface area contributed by atoms with Gasteiger partial charge in [0.15, 0.2) is 5.58 Å². The second-order valence-electron chi connectivity index (χ2n) is 13.2. The summed E-state index contributed by atoms with van der Waals surface area (Å²) in [5, 5.41) is 22.5. The van der Waals surface area contributed by atoms with Crippen molar-refractivity contribution in [3.05, 3.63) is 99.8 Å². The van der Waals surface area contributed by atoms with Crippen LogP contribution in [0.15, 0.2) is 71.4 Å². The molecule has 6 rings (SSSR count). The maximum atomic E-state index is 11.8. The molecule has 0 spiro atoms. The lowest BCUT2D eigenvalue weighted by Crippen LogP contribution is -2.44. The molecule has 264 valence electrons. The zero-order valence-corrected chi connectivity index (χ0v) is 29.9. The van der Waals surface area contributed by atoms with Crippen LogP contribution in [-0.4, -0.2) is 65.2 Å². The standard InChI is InChI=1S/C39H41ClN6O5/c1-24(2)37(38(47)48)43-21-30-15-32(40)36(17-35(30)49-22-27-14-26(18-41)19-42-20-27)50-23-29-6-5-7-31(25(29)3)28-8-9-34-33(16-28)44-39(51-34)46-12-10-45(4)11-13-46/h5-9,14-17,19-20,24,37,43H,10-13,21-23H2,1-4H3,(H,47,48). The van der Waals surface area contributed by atoms with Crippen LogP contribution in [0.5, 0.6) is 11.5 Å². The molecule has 1 atom stereocenters. The fourth-order valence-electron chi connectivity index (χ4n) is 6.10. The molecular formula is C39H41ClN6O5. The van der Waals surface area contributed by atoms with E-state index in [-0.39, 0.29) is 25.7 Å². The number of benzene rings is 3. The number of nitrogens with zero attached hydrogens (tertiary/aromatic N) is 5. The third kappa shape index (κ3) is 8.43. The van der Waals surface area contributed by atoms with E-state index in [4.69, 9.17) is 30.5 Å². The number of aromatic nitrogens is 2. The monoisotopic (exact) mass is 708 g/mol. The van der Waals surface area contributed by atoms with E-state index in [2.05, 4.69) is 58.3 Å². The van der Waals surface area contributed by atoms with Gasteiger partial charge >= 0.3 is 5.97 Å². The predicted octanol–water partition coefficient (Wildman–Crippen LogP) is 6.83. The number of nitriles is 1. The SMILES string of the molecule is Cc1c(COc2cc(OCc3cncc(C#N)c3)c(CNC(C(=O)O)C(C)C)cc2Cl)cccc1-c1ccc2oc(N3CCN(C)CC3)nc2c1. The number of piperazine rings is 1. The average molecular weight is 709 g/mol. The third-order valence-electron chi connectivity index (χ3n) is 9.17. The molecule has 1 aliphatic heterocycles. The Hall–Kier alpha value is -5.15. The first-order valence-corrected chi connectivity index (χ1v) is 17.3. The van der Waals surface area contributed by atoms with Gasteiger partial charge in [-0.25, -0.2) is 0 Å². The first-order valence-electron chi connectivity index (χ1n) is 16.9. The van der Waals surface area contributed by atoms with Crippen molar-refractivity contribution in [1.29, 1.82) is 5.26 Å². The summed E-state index contributed by atoms with van der Waals surface area (Å²) in [7, 11) is 2.12. The fourth-order valence-corrected chi connectivity index (χ4v) is 6.34. The van der Waals surface area contributed by atoms with Gasteiger partial charge in [0.1, 0.15) is 42.3 Å². The molecule has 12 heteroatoms. The molecule has 1 aliphatic rings. The number of oxazole rings is 1. The number of likely N-dealkylation sites (N-methyl/N-ethyl adjacent to an activating group) is 1. The molecule has 11 nitrogen and oxygen atoms in total. The Morgan fingerprint density at radius 2 is 1.82 bits per heavy atom. The summed E-state index contributed by atoms with van der Waals surface area (Å²) in [5.74, 6) is -0.185. The van der Waals surface area contributed by atoms with E-state index in [1.54, 1.807) is 24.4 Å². The number of nitrogens with one attached hydrogen (secondary N) is 1. The van der Waals surface area contributed by atoms with Gasteiger partial charge in [-0.1, -0.05) is 49.7 Å². The summed E-state index contributed by atoms with van der Waals surface area (Å²) >= 11 is 6.76. The molecule has 0 aliphatic carbocycles. The number of aliphatic carboxylic acids is 1. The Labute approximate surface area is 302 Å². The van der Waals surface area contributed by atoms with Crippen LogP contribution in [0.4, 0.5) is 6.01 Å². The van der Waals surface area contributed by atoms with Crippen molar-refractivity contribution in [1.82, 2.24) is 20.2 Å². The van der Waals surface area contributed by atoms with E-state index in [0.29, 0.717) is 39.2 Å². The number of carboxylic acids is 1. The number of pyridine rings is 1. The zero-order valence-electron chi connectivity index (χ0n) is 29.1. The van der Waals surface area contributed by atoms with E-state index in [1.165, 1.54) is 6.20 Å². The van der Waals surface area contributed by atoms with Crippen LogP contribution in [0.1, 0.15) is 41.7 Å². The molecule has 1 saturated heterocycles. The molecule has 3 heterocycles. The summed E-state index contributed by atoms with van der Waals surface area (Å²) in [6.45, 7) is 10.1. The van der Waals surface area contributed by atoms with Gasteiger partial charge in [0.25, 0.3) is 6.01 Å². The number of fused-ring (bicyclic) bond motifs is 1. The van der Waals surface area contributed by atoms with Gasteiger partial charge in [-0.05, 0) is 66.4 Å². The summed E-state index contributed by atoms with van der Waals surface area (Å²) < 4.78 is 18.6. The smallest absolute Gasteiger partial charge is 0.320 e. The van der Waals surface area contributed by atoms with Crippen LogP contribution < -0.4 is 19.7 Å². The minimum Gasteiger partial charge on any atom is -0.488 e. The van der Waals surface area contributed by atoms with Gasteiger partial charge < -0.3 is 28.8 Å². The number of carbonyl (C=O) groups is 1. The minimum absolute atomic E-state index is 0.136. The van der Waals surface area contributed by atoms with Crippen LogP contribution in [0, 0.1) is 24.2 Å². The predicted molar refractivity (Wildman–Crippen MR) is 196 cm³/mol. The molecule has 0 amide bonds. The molecule has 0 radical (unpaired) electrons. The van der Waals surface area contributed by atoms with Gasteiger partial charge in [-0.15, -0.1) is 0 Å². The van der Waals surface area contributed by atoms with Crippen molar-refractivity contribution in [2.75, 3.05) is 38.1 Å². The highest BCUT2D eigenvalue weighted by molar-refractivity contribution is 6.32. The summed E-state index contributed by atoms with van der Waals surface area (Å²) in [6.07, 6.45) is 3.12. The van der Waals surface area contributed by atoms with E-state index in [1.807, 2.05) is 32.0 Å². The van der Waals surface area contributed by atoms with Crippen molar-refractivity contribution < 1.29 is 23.8 Å². The lowest BCUT2D eigenvalue weighted by molar-refractivity contribution is -0.140. The molecule has 2 aromatic heterocycles. The number of ether oxygens (including phenoxy) is 2. The quantitative estimate of drug-likeness (QED) is 0.133. The first kappa shape index (κ1) is 35.7.